The van der Waals surface area contributed by atoms with Gasteiger partial charge >= 0.3 is 0 Å². The molecule has 0 unspecified atom stereocenters. The van der Waals surface area contributed by atoms with E-state index in [0.717, 1.165) is 37.2 Å². The van der Waals surface area contributed by atoms with Crippen LogP contribution in [-0.4, -0.2) is 32.9 Å². The predicted molar refractivity (Wildman–Crippen MR) is 117 cm³/mol. The summed E-state index contributed by atoms with van der Waals surface area (Å²) in [4.78, 5) is 32.8. The second-order valence-electron chi connectivity index (χ2n) is 8.68. The van der Waals surface area contributed by atoms with Crippen LogP contribution in [0.3, 0.4) is 0 Å². The monoisotopic (exact) mass is 408 g/mol. The number of hydrogen-bond acceptors (Lipinski definition) is 4. The summed E-state index contributed by atoms with van der Waals surface area (Å²) >= 11 is 0. The highest BCUT2D eigenvalue weighted by Crippen LogP contribution is 2.18. The van der Waals surface area contributed by atoms with Crippen LogP contribution in [0.2, 0.25) is 0 Å². The first-order chi connectivity index (χ1) is 14.6. The van der Waals surface area contributed by atoms with Crippen LogP contribution in [0.5, 0.6) is 0 Å². The van der Waals surface area contributed by atoms with Crippen molar-refractivity contribution in [2.45, 2.75) is 77.5 Å². The summed E-state index contributed by atoms with van der Waals surface area (Å²) in [5.41, 5.74) is 2.85. The SMILES string of the molecule is Cc1nc2c(c(=O)n1CC(=O)NC1CCCCCC1)CCN(Cc1ccccc1)C2. The van der Waals surface area contributed by atoms with E-state index in [4.69, 9.17) is 4.98 Å². The Balaban J connectivity index is 1.44. The summed E-state index contributed by atoms with van der Waals surface area (Å²) in [6.07, 6.45) is 7.60. The van der Waals surface area contributed by atoms with Gasteiger partial charge in [0.15, 0.2) is 0 Å². The summed E-state index contributed by atoms with van der Waals surface area (Å²) in [7, 11) is 0. The molecule has 2 heterocycles. The fraction of sp³-hybridized carbons (Fsp3) is 0.542. The number of fused-ring (bicyclic) bond motifs is 1. The summed E-state index contributed by atoms with van der Waals surface area (Å²) in [6, 6.07) is 10.6. The van der Waals surface area contributed by atoms with Gasteiger partial charge in [-0.3, -0.25) is 19.1 Å². The second kappa shape index (κ2) is 9.56. The van der Waals surface area contributed by atoms with Gasteiger partial charge in [-0.25, -0.2) is 4.98 Å². The molecule has 4 rings (SSSR count). The molecular weight excluding hydrogens is 376 g/mol. The maximum Gasteiger partial charge on any atom is 0.257 e. The van der Waals surface area contributed by atoms with Crippen LogP contribution < -0.4 is 10.9 Å². The second-order valence-corrected chi connectivity index (χ2v) is 8.68. The molecule has 1 aliphatic heterocycles. The van der Waals surface area contributed by atoms with Gasteiger partial charge in [-0.2, -0.15) is 0 Å². The molecule has 160 valence electrons. The van der Waals surface area contributed by atoms with E-state index in [-0.39, 0.29) is 24.1 Å². The first-order valence-corrected chi connectivity index (χ1v) is 11.2. The van der Waals surface area contributed by atoms with E-state index in [9.17, 15) is 9.59 Å². The van der Waals surface area contributed by atoms with Gasteiger partial charge in [0.25, 0.3) is 5.56 Å². The summed E-state index contributed by atoms with van der Waals surface area (Å²) < 4.78 is 1.55. The molecule has 1 amide bonds. The minimum Gasteiger partial charge on any atom is -0.352 e. The normalized spacial score (nSPS) is 17.9. The molecule has 0 bridgehead atoms. The highest BCUT2D eigenvalue weighted by Gasteiger charge is 2.24. The third kappa shape index (κ3) is 4.98. The van der Waals surface area contributed by atoms with Gasteiger partial charge in [-0.05, 0) is 31.7 Å². The zero-order valence-electron chi connectivity index (χ0n) is 17.9. The van der Waals surface area contributed by atoms with Crippen molar-refractivity contribution in [1.82, 2.24) is 19.8 Å². The molecule has 1 aromatic heterocycles. The Kier molecular flexibility index (Phi) is 6.62. The molecule has 6 nitrogen and oxygen atoms in total. The van der Waals surface area contributed by atoms with Gasteiger partial charge in [0.2, 0.25) is 5.91 Å². The van der Waals surface area contributed by atoms with Crippen molar-refractivity contribution in [2.75, 3.05) is 6.54 Å². The van der Waals surface area contributed by atoms with E-state index in [1.54, 1.807) is 4.57 Å². The Bertz CT molecular complexity index is 930. The molecule has 0 spiro atoms. The molecule has 2 aliphatic rings. The fourth-order valence-electron chi connectivity index (χ4n) is 4.70. The first kappa shape index (κ1) is 20.8. The molecule has 6 heteroatoms. The summed E-state index contributed by atoms with van der Waals surface area (Å²) in [5, 5.41) is 3.14. The number of benzene rings is 1. The van der Waals surface area contributed by atoms with Crippen molar-refractivity contribution in [3.8, 4) is 0 Å². The van der Waals surface area contributed by atoms with Crippen molar-refractivity contribution in [3.63, 3.8) is 0 Å². The molecule has 1 saturated carbocycles. The fourth-order valence-corrected chi connectivity index (χ4v) is 4.70. The highest BCUT2D eigenvalue weighted by molar-refractivity contribution is 5.76. The molecule has 0 atom stereocenters. The van der Waals surface area contributed by atoms with Crippen molar-refractivity contribution < 1.29 is 4.79 Å². The van der Waals surface area contributed by atoms with Gasteiger partial charge in [0.05, 0.1) is 5.69 Å². The van der Waals surface area contributed by atoms with Gasteiger partial charge < -0.3 is 5.32 Å². The predicted octanol–water partition coefficient (Wildman–Crippen LogP) is 2.95. The Morgan fingerprint density at radius 1 is 1.13 bits per heavy atom. The average Bonchev–Trinajstić information content (AvgIpc) is 3.00. The lowest BCUT2D eigenvalue weighted by Gasteiger charge is -2.28. The zero-order chi connectivity index (χ0) is 20.9. The van der Waals surface area contributed by atoms with Gasteiger partial charge in [0, 0.05) is 31.2 Å². The Labute approximate surface area is 178 Å². The number of nitrogens with one attached hydrogen (secondary N) is 1. The number of rotatable bonds is 5. The van der Waals surface area contributed by atoms with Crippen LogP contribution in [0.25, 0.3) is 0 Å². The lowest BCUT2D eigenvalue weighted by atomic mass is 10.1. The smallest absolute Gasteiger partial charge is 0.257 e. The molecule has 0 saturated heterocycles. The quantitative estimate of drug-likeness (QED) is 0.773. The molecule has 2 aromatic rings. The van der Waals surface area contributed by atoms with Crippen LogP contribution in [0.15, 0.2) is 35.1 Å². The summed E-state index contributed by atoms with van der Waals surface area (Å²) in [6.45, 7) is 4.26. The van der Waals surface area contributed by atoms with Crippen molar-refractivity contribution in [3.05, 3.63) is 63.3 Å². The molecule has 1 aromatic carbocycles. The van der Waals surface area contributed by atoms with Crippen LogP contribution in [0.1, 0.15) is 61.2 Å². The lowest BCUT2D eigenvalue weighted by Crippen LogP contribution is -2.42. The van der Waals surface area contributed by atoms with Crippen molar-refractivity contribution >= 4 is 5.91 Å². The van der Waals surface area contributed by atoms with Crippen LogP contribution in [-0.2, 0) is 30.8 Å². The lowest BCUT2D eigenvalue weighted by molar-refractivity contribution is -0.122. The van der Waals surface area contributed by atoms with E-state index >= 15 is 0 Å². The van der Waals surface area contributed by atoms with E-state index in [1.807, 2.05) is 13.0 Å². The van der Waals surface area contributed by atoms with Gasteiger partial charge in [0.1, 0.15) is 12.4 Å². The van der Waals surface area contributed by atoms with Crippen molar-refractivity contribution in [1.29, 1.82) is 0 Å². The van der Waals surface area contributed by atoms with E-state index in [1.165, 1.54) is 31.2 Å². The van der Waals surface area contributed by atoms with Crippen molar-refractivity contribution in [2.24, 2.45) is 0 Å². The topological polar surface area (TPSA) is 67.2 Å². The van der Waals surface area contributed by atoms with Crippen LogP contribution in [0.4, 0.5) is 0 Å². The molecule has 30 heavy (non-hydrogen) atoms. The maximum atomic E-state index is 13.1. The number of aromatic nitrogens is 2. The Morgan fingerprint density at radius 3 is 2.60 bits per heavy atom. The highest BCUT2D eigenvalue weighted by atomic mass is 16.2. The number of aryl methyl sites for hydroxylation is 1. The number of hydrogen-bond donors (Lipinski definition) is 1. The molecule has 1 fully saturated rings. The van der Waals surface area contributed by atoms with E-state index < -0.39 is 0 Å². The van der Waals surface area contributed by atoms with Crippen LogP contribution in [0, 0.1) is 6.92 Å². The number of nitrogens with zero attached hydrogens (tertiary/aromatic N) is 3. The third-order valence-corrected chi connectivity index (χ3v) is 6.36. The summed E-state index contributed by atoms with van der Waals surface area (Å²) in [5.74, 6) is 0.548. The standard InChI is InChI=1S/C24H32N4O2/c1-18-25-22-16-27(15-19-9-5-4-6-10-19)14-13-21(22)24(30)28(18)17-23(29)26-20-11-7-2-3-8-12-20/h4-6,9-10,20H,2-3,7-8,11-17H2,1H3,(H,26,29). The van der Waals surface area contributed by atoms with Crippen LogP contribution >= 0.6 is 0 Å². The minimum atomic E-state index is -0.0737. The number of carbonyl (C=O) groups excluding carboxylic acids is 1. The third-order valence-electron chi connectivity index (χ3n) is 6.36. The largest absolute Gasteiger partial charge is 0.352 e. The van der Waals surface area contributed by atoms with Gasteiger partial charge in [-0.15, -0.1) is 0 Å². The first-order valence-electron chi connectivity index (χ1n) is 11.2. The molecule has 0 radical (unpaired) electrons. The zero-order valence-corrected chi connectivity index (χ0v) is 17.9. The van der Waals surface area contributed by atoms with E-state index in [2.05, 4.69) is 34.5 Å². The van der Waals surface area contributed by atoms with Gasteiger partial charge in [-0.1, -0.05) is 56.0 Å². The Morgan fingerprint density at radius 2 is 1.87 bits per heavy atom. The average molecular weight is 409 g/mol. The number of carbonyl (C=O) groups is 1. The minimum absolute atomic E-state index is 0.0483. The molecule has 1 aliphatic carbocycles. The maximum absolute atomic E-state index is 13.1. The Hall–Kier alpha value is -2.47. The molecular formula is C24H32N4O2. The number of amides is 1. The van der Waals surface area contributed by atoms with E-state index in [0.29, 0.717) is 18.8 Å². The molecule has 1 N–H and O–H groups in total.